The molecule has 2 rings (SSSR count). The van der Waals surface area contributed by atoms with Crippen molar-refractivity contribution in [1.82, 2.24) is 9.55 Å². The topological polar surface area (TPSA) is 20.7 Å². The Bertz CT molecular complexity index is 393. The standard InChI is InChI=1S/C10H16BrN.C6H12Br2.C4H5N/c11-7-3-1-2-4-8-12-9-5-6-10-12;7-5-3-1-2-4-6-8;1-2-4-5-3-1/h5-6,9-10H,1-4,7-8H2;1-6H2;1-5H. The van der Waals surface area contributed by atoms with Crippen molar-refractivity contribution in [1.29, 1.82) is 0 Å². The van der Waals surface area contributed by atoms with Crippen LogP contribution in [0.5, 0.6) is 0 Å². The lowest BCUT2D eigenvalue weighted by Gasteiger charge is -2.01. The van der Waals surface area contributed by atoms with Crippen molar-refractivity contribution in [3.8, 4) is 0 Å². The van der Waals surface area contributed by atoms with Crippen LogP contribution in [0, 0.1) is 0 Å². The van der Waals surface area contributed by atoms with E-state index in [0.717, 1.165) is 16.0 Å². The van der Waals surface area contributed by atoms with Crippen LogP contribution in [-0.2, 0) is 6.54 Å². The molecule has 0 atom stereocenters. The van der Waals surface area contributed by atoms with E-state index in [1.165, 1.54) is 57.9 Å². The molecule has 2 nitrogen and oxygen atoms in total. The lowest BCUT2D eigenvalue weighted by Crippen LogP contribution is -1.93. The number of rotatable bonds is 11. The van der Waals surface area contributed by atoms with E-state index in [0.29, 0.717) is 0 Å². The van der Waals surface area contributed by atoms with Crippen molar-refractivity contribution in [2.75, 3.05) is 16.0 Å². The summed E-state index contributed by atoms with van der Waals surface area (Å²) in [6.07, 6.45) is 18.7. The average molecular weight is 541 g/mol. The fourth-order valence-corrected chi connectivity index (χ4v) is 3.27. The normalized spacial score (nSPS) is 9.72. The highest BCUT2D eigenvalue weighted by molar-refractivity contribution is 9.09. The number of alkyl halides is 3. The van der Waals surface area contributed by atoms with Crippen molar-refractivity contribution in [3.63, 3.8) is 0 Å². The Morgan fingerprint density at radius 1 is 0.560 bits per heavy atom. The maximum absolute atomic E-state index is 3.43. The summed E-state index contributed by atoms with van der Waals surface area (Å²) in [6.45, 7) is 1.18. The molecule has 0 fully saturated rings. The van der Waals surface area contributed by atoms with Crippen LogP contribution in [0.3, 0.4) is 0 Å². The first-order valence-electron chi connectivity index (χ1n) is 9.21. The number of aromatic nitrogens is 2. The summed E-state index contributed by atoms with van der Waals surface area (Å²) in [5.41, 5.74) is 0. The van der Waals surface area contributed by atoms with Crippen LogP contribution < -0.4 is 0 Å². The molecule has 0 aliphatic heterocycles. The molecule has 0 saturated carbocycles. The van der Waals surface area contributed by atoms with Crippen LogP contribution in [0.2, 0.25) is 0 Å². The molecule has 0 radical (unpaired) electrons. The number of aryl methyl sites for hydroxylation is 1. The summed E-state index contributed by atoms with van der Waals surface area (Å²) in [6, 6.07) is 8.05. The van der Waals surface area contributed by atoms with Crippen LogP contribution in [0.15, 0.2) is 49.1 Å². The second kappa shape index (κ2) is 22.0. The fourth-order valence-electron chi connectivity index (χ4n) is 2.08. The maximum Gasteiger partial charge on any atom is 0.0219 e. The molecule has 1 N–H and O–H groups in total. The van der Waals surface area contributed by atoms with Crippen LogP contribution in [-0.4, -0.2) is 25.5 Å². The van der Waals surface area contributed by atoms with Crippen LogP contribution in [0.4, 0.5) is 0 Å². The van der Waals surface area contributed by atoms with Crippen molar-refractivity contribution < 1.29 is 0 Å². The molecule has 2 aromatic heterocycles. The van der Waals surface area contributed by atoms with Gasteiger partial charge in [-0.1, -0.05) is 73.5 Å². The molecular weight excluding hydrogens is 508 g/mol. The first-order chi connectivity index (χ1) is 12.3. The Morgan fingerprint density at radius 2 is 1.00 bits per heavy atom. The zero-order valence-electron chi connectivity index (χ0n) is 15.2. The highest BCUT2D eigenvalue weighted by Gasteiger charge is 1.90. The third-order valence-corrected chi connectivity index (χ3v) is 5.16. The molecule has 0 saturated heterocycles. The summed E-state index contributed by atoms with van der Waals surface area (Å²) in [5.74, 6) is 0. The van der Waals surface area contributed by atoms with Crippen molar-refractivity contribution >= 4 is 47.8 Å². The molecule has 0 unspecified atom stereocenters. The van der Waals surface area contributed by atoms with Gasteiger partial charge in [0.15, 0.2) is 0 Å². The van der Waals surface area contributed by atoms with Crippen LogP contribution in [0.25, 0.3) is 0 Å². The first kappa shape index (κ1) is 25.0. The minimum Gasteiger partial charge on any atom is -0.368 e. The fraction of sp³-hybridized carbons (Fsp3) is 0.600. The number of H-pyrrole nitrogens is 1. The number of nitrogens with one attached hydrogen (secondary N) is 1. The molecule has 0 aliphatic rings. The van der Waals surface area contributed by atoms with Crippen LogP contribution >= 0.6 is 47.8 Å². The van der Waals surface area contributed by atoms with E-state index in [1.807, 2.05) is 24.5 Å². The van der Waals surface area contributed by atoms with Crippen molar-refractivity contribution in [2.24, 2.45) is 0 Å². The SMILES string of the molecule is BrCCCCCCBr.BrCCCCCCn1cccc1.c1cc[nH]c1. The van der Waals surface area contributed by atoms with E-state index in [4.69, 9.17) is 0 Å². The van der Waals surface area contributed by atoms with Gasteiger partial charge in [0.2, 0.25) is 0 Å². The Morgan fingerprint density at radius 3 is 1.36 bits per heavy atom. The second-order valence-electron chi connectivity index (χ2n) is 5.70. The van der Waals surface area contributed by atoms with E-state index in [-0.39, 0.29) is 0 Å². The zero-order chi connectivity index (χ0) is 18.4. The molecular formula is C20H33Br3N2. The predicted octanol–water partition coefficient (Wildman–Crippen LogP) is 7.79. The van der Waals surface area contributed by atoms with Gasteiger partial charge >= 0.3 is 0 Å². The van der Waals surface area contributed by atoms with Gasteiger partial charge in [0.05, 0.1) is 0 Å². The van der Waals surface area contributed by atoms with Crippen LogP contribution in [0.1, 0.15) is 51.4 Å². The van der Waals surface area contributed by atoms with Gasteiger partial charge < -0.3 is 9.55 Å². The van der Waals surface area contributed by atoms with Gasteiger partial charge in [0, 0.05) is 47.3 Å². The van der Waals surface area contributed by atoms with Gasteiger partial charge in [0.25, 0.3) is 0 Å². The number of unbranched alkanes of at least 4 members (excludes halogenated alkanes) is 6. The van der Waals surface area contributed by atoms with Gasteiger partial charge in [-0.05, 0) is 49.9 Å². The minimum absolute atomic E-state index is 1.15. The summed E-state index contributed by atoms with van der Waals surface area (Å²) >= 11 is 10.2. The highest BCUT2D eigenvalue weighted by Crippen LogP contribution is 2.04. The van der Waals surface area contributed by atoms with Gasteiger partial charge in [0.1, 0.15) is 0 Å². The van der Waals surface area contributed by atoms with Crippen molar-refractivity contribution in [2.45, 2.75) is 57.9 Å². The molecule has 2 aromatic rings. The molecule has 0 aliphatic carbocycles. The molecule has 0 bridgehead atoms. The van der Waals surface area contributed by atoms with Gasteiger partial charge in [-0.3, -0.25) is 0 Å². The Kier molecular flexibility index (Phi) is 22.0. The van der Waals surface area contributed by atoms with E-state index < -0.39 is 0 Å². The van der Waals surface area contributed by atoms with E-state index in [1.54, 1.807) is 0 Å². The van der Waals surface area contributed by atoms with E-state index in [9.17, 15) is 0 Å². The van der Waals surface area contributed by atoms with Gasteiger partial charge in [-0.2, -0.15) is 0 Å². The smallest absolute Gasteiger partial charge is 0.0219 e. The molecule has 5 heteroatoms. The number of hydrogen-bond acceptors (Lipinski definition) is 0. The second-order valence-corrected chi connectivity index (χ2v) is 8.08. The monoisotopic (exact) mass is 538 g/mol. The summed E-state index contributed by atoms with van der Waals surface area (Å²) in [7, 11) is 0. The molecule has 0 amide bonds. The quantitative estimate of drug-likeness (QED) is 0.222. The lowest BCUT2D eigenvalue weighted by molar-refractivity contribution is 0.586. The predicted molar refractivity (Wildman–Crippen MR) is 124 cm³/mol. The number of aromatic amines is 1. The maximum atomic E-state index is 3.43. The molecule has 2 heterocycles. The van der Waals surface area contributed by atoms with Gasteiger partial charge in [-0.25, -0.2) is 0 Å². The van der Waals surface area contributed by atoms with Gasteiger partial charge in [-0.15, -0.1) is 0 Å². The number of halogens is 3. The van der Waals surface area contributed by atoms with E-state index >= 15 is 0 Å². The number of nitrogens with zero attached hydrogens (tertiary/aromatic N) is 1. The average Bonchev–Trinajstić information content (AvgIpc) is 3.35. The summed E-state index contributed by atoms with van der Waals surface area (Å²) in [5, 5.41) is 3.47. The Hall–Kier alpha value is -0.000000000000000167. The highest BCUT2D eigenvalue weighted by atomic mass is 79.9. The largest absolute Gasteiger partial charge is 0.368 e. The summed E-state index contributed by atoms with van der Waals surface area (Å²) < 4.78 is 2.24. The van der Waals surface area contributed by atoms with E-state index in [2.05, 4.69) is 81.9 Å². The lowest BCUT2D eigenvalue weighted by atomic mass is 10.2. The molecule has 0 spiro atoms. The molecule has 144 valence electrons. The zero-order valence-corrected chi connectivity index (χ0v) is 19.9. The Balaban J connectivity index is 0.000000380. The first-order valence-corrected chi connectivity index (χ1v) is 12.6. The molecule has 25 heavy (non-hydrogen) atoms. The Labute approximate surface area is 179 Å². The summed E-state index contributed by atoms with van der Waals surface area (Å²) in [4.78, 5) is 2.86. The van der Waals surface area contributed by atoms with Crippen molar-refractivity contribution in [3.05, 3.63) is 49.1 Å². The minimum atomic E-state index is 1.15. The third kappa shape index (κ3) is 20.2. The third-order valence-electron chi connectivity index (χ3n) is 3.48. The molecule has 0 aromatic carbocycles. The number of hydrogen-bond donors (Lipinski definition) is 1.